The summed E-state index contributed by atoms with van der Waals surface area (Å²) in [6.45, 7) is 1.50. The van der Waals surface area contributed by atoms with Gasteiger partial charge in [-0.3, -0.25) is 0 Å². The van der Waals surface area contributed by atoms with E-state index in [1.807, 2.05) is 0 Å². The normalized spacial score (nSPS) is 11.2. The van der Waals surface area contributed by atoms with Gasteiger partial charge in [-0.05, 0) is 13.0 Å². The van der Waals surface area contributed by atoms with Crippen LogP contribution in [0.5, 0.6) is 0 Å². The molecule has 0 fully saturated rings. The van der Waals surface area contributed by atoms with Crippen LogP contribution in [0.3, 0.4) is 0 Å². The first-order valence-corrected chi connectivity index (χ1v) is 4.02. The molecule has 7 heteroatoms. The maximum atomic E-state index is 12.3. The monoisotopic (exact) mass is 220 g/mol. The Morgan fingerprint density at radius 1 is 1.53 bits per heavy atom. The summed E-state index contributed by atoms with van der Waals surface area (Å²) in [7, 11) is 0. The van der Waals surface area contributed by atoms with E-state index in [0.717, 1.165) is 12.3 Å². The highest BCUT2D eigenvalue weighted by molar-refractivity contribution is 5.90. The fraction of sp³-hybridized carbons (Fsp3) is 0.375. The topological polar surface area (TPSA) is 52.1 Å². The van der Waals surface area contributed by atoms with Crippen molar-refractivity contribution in [1.29, 1.82) is 0 Å². The van der Waals surface area contributed by atoms with Crippen LogP contribution >= 0.6 is 0 Å². The van der Waals surface area contributed by atoms with E-state index in [1.54, 1.807) is 0 Å². The van der Waals surface area contributed by atoms with Gasteiger partial charge in [-0.1, -0.05) is 0 Å². The van der Waals surface area contributed by atoms with Crippen LogP contribution in [-0.4, -0.2) is 22.8 Å². The average Bonchev–Trinajstić information content (AvgIpc) is 2.17. The zero-order chi connectivity index (χ0) is 11.5. The molecule has 0 aromatic carbocycles. The first-order valence-electron chi connectivity index (χ1n) is 4.02. The number of rotatable bonds is 2. The molecule has 0 aliphatic heterocycles. The third-order valence-electron chi connectivity index (χ3n) is 1.48. The zero-order valence-electron chi connectivity index (χ0n) is 7.71. The Labute approximate surface area is 83.1 Å². The van der Waals surface area contributed by atoms with Crippen LogP contribution < -0.4 is 0 Å². The van der Waals surface area contributed by atoms with E-state index >= 15 is 0 Å². The third kappa shape index (κ3) is 2.64. The van der Waals surface area contributed by atoms with Crippen molar-refractivity contribution in [2.45, 2.75) is 13.1 Å². The Morgan fingerprint density at radius 2 is 2.20 bits per heavy atom. The Bertz CT molecular complexity index is 365. The molecule has 0 radical (unpaired) electrons. The summed E-state index contributed by atoms with van der Waals surface area (Å²) >= 11 is 0. The van der Waals surface area contributed by atoms with E-state index in [1.165, 1.54) is 6.92 Å². The molecule has 1 rings (SSSR count). The number of carbonyl (C=O) groups excluding carboxylic acids is 1. The Balaban J connectivity index is 3.12. The quantitative estimate of drug-likeness (QED) is 0.711. The maximum absolute atomic E-state index is 12.3. The molecular weight excluding hydrogens is 213 g/mol. The van der Waals surface area contributed by atoms with Gasteiger partial charge in [0, 0.05) is 0 Å². The van der Waals surface area contributed by atoms with Crippen molar-refractivity contribution in [3.8, 4) is 0 Å². The van der Waals surface area contributed by atoms with Gasteiger partial charge in [0.25, 0.3) is 0 Å². The second-order valence-electron chi connectivity index (χ2n) is 2.51. The molecule has 4 nitrogen and oxygen atoms in total. The molecule has 1 aromatic heterocycles. The van der Waals surface area contributed by atoms with Crippen molar-refractivity contribution in [2.24, 2.45) is 0 Å². The number of hydrogen-bond acceptors (Lipinski definition) is 4. The fourth-order valence-corrected chi connectivity index (χ4v) is 0.915. The number of ether oxygens (including phenoxy) is 1. The van der Waals surface area contributed by atoms with Crippen LogP contribution in [0.15, 0.2) is 12.3 Å². The van der Waals surface area contributed by atoms with Gasteiger partial charge in [0.15, 0.2) is 5.69 Å². The van der Waals surface area contributed by atoms with E-state index in [-0.39, 0.29) is 6.61 Å². The lowest BCUT2D eigenvalue weighted by Gasteiger charge is -2.08. The van der Waals surface area contributed by atoms with E-state index in [4.69, 9.17) is 0 Å². The molecule has 0 unspecified atom stereocenters. The van der Waals surface area contributed by atoms with E-state index in [9.17, 15) is 18.0 Å². The summed E-state index contributed by atoms with van der Waals surface area (Å²) in [6, 6.07) is 0.924. The van der Waals surface area contributed by atoms with Gasteiger partial charge in [0.05, 0.1) is 18.4 Å². The third-order valence-corrected chi connectivity index (χ3v) is 1.48. The Kier molecular flexibility index (Phi) is 3.23. The van der Waals surface area contributed by atoms with Crippen molar-refractivity contribution < 1.29 is 22.7 Å². The Morgan fingerprint density at radius 3 is 2.73 bits per heavy atom. The molecule has 0 bridgehead atoms. The lowest BCUT2D eigenvalue weighted by molar-refractivity contribution is -0.142. The minimum atomic E-state index is -4.71. The van der Waals surface area contributed by atoms with Crippen molar-refractivity contribution in [1.82, 2.24) is 10.2 Å². The molecule has 0 N–H and O–H groups in total. The largest absolute Gasteiger partial charge is 0.462 e. The summed E-state index contributed by atoms with van der Waals surface area (Å²) in [5.74, 6) is -1.06. The van der Waals surface area contributed by atoms with E-state index in [0.29, 0.717) is 0 Å². The maximum Gasteiger partial charge on any atom is 0.436 e. The smallest absolute Gasteiger partial charge is 0.436 e. The highest BCUT2D eigenvalue weighted by Crippen LogP contribution is 2.29. The highest BCUT2D eigenvalue weighted by Gasteiger charge is 2.38. The summed E-state index contributed by atoms with van der Waals surface area (Å²) in [6.07, 6.45) is -3.71. The number of halogens is 3. The van der Waals surface area contributed by atoms with Gasteiger partial charge in [0.2, 0.25) is 0 Å². The molecule has 0 saturated carbocycles. The standard InChI is InChI=1S/C8H7F3N2O2/c1-2-15-7(14)5-3-4-12-13-6(5)8(9,10)11/h3-4H,2H2,1H3. The minimum absolute atomic E-state index is 0.00153. The second kappa shape index (κ2) is 4.24. The van der Waals surface area contributed by atoms with Crippen molar-refractivity contribution in [3.05, 3.63) is 23.5 Å². The lowest BCUT2D eigenvalue weighted by Crippen LogP contribution is -2.17. The van der Waals surface area contributed by atoms with Crippen molar-refractivity contribution >= 4 is 5.97 Å². The molecule has 82 valence electrons. The molecule has 0 aliphatic rings. The van der Waals surface area contributed by atoms with Gasteiger partial charge >= 0.3 is 12.1 Å². The van der Waals surface area contributed by atoms with Crippen LogP contribution in [-0.2, 0) is 10.9 Å². The number of esters is 1. The fourth-order valence-electron chi connectivity index (χ4n) is 0.915. The predicted molar refractivity (Wildman–Crippen MR) is 43.0 cm³/mol. The van der Waals surface area contributed by atoms with Crippen LogP contribution in [0.4, 0.5) is 13.2 Å². The first kappa shape index (κ1) is 11.4. The molecule has 0 atom stereocenters. The van der Waals surface area contributed by atoms with Gasteiger partial charge in [-0.25, -0.2) is 4.79 Å². The molecule has 1 aromatic rings. The number of aromatic nitrogens is 2. The van der Waals surface area contributed by atoms with Gasteiger partial charge in [0.1, 0.15) is 0 Å². The van der Waals surface area contributed by atoms with E-state index < -0.39 is 23.4 Å². The molecule has 1 heterocycles. The highest BCUT2D eigenvalue weighted by atomic mass is 19.4. The molecular formula is C8H7F3N2O2. The van der Waals surface area contributed by atoms with Crippen LogP contribution in [0.2, 0.25) is 0 Å². The van der Waals surface area contributed by atoms with Crippen LogP contribution in [0.25, 0.3) is 0 Å². The summed E-state index contributed by atoms with van der Waals surface area (Å²) < 4.78 is 41.5. The number of hydrogen-bond donors (Lipinski definition) is 0. The molecule has 0 aliphatic carbocycles. The first-order chi connectivity index (χ1) is 6.96. The average molecular weight is 220 g/mol. The van der Waals surface area contributed by atoms with Crippen molar-refractivity contribution in [2.75, 3.05) is 6.61 Å². The van der Waals surface area contributed by atoms with Crippen molar-refractivity contribution in [3.63, 3.8) is 0 Å². The molecule has 15 heavy (non-hydrogen) atoms. The van der Waals surface area contributed by atoms with E-state index in [2.05, 4.69) is 14.9 Å². The predicted octanol–water partition coefficient (Wildman–Crippen LogP) is 1.67. The summed E-state index contributed by atoms with van der Waals surface area (Å²) in [5.41, 5.74) is -1.96. The minimum Gasteiger partial charge on any atom is -0.462 e. The van der Waals surface area contributed by atoms with Gasteiger partial charge in [-0.2, -0.15) is 18.3 Å². The molecule has 0 spiro atoms. The summed E-state index contributed by atoms with van der Waals surface area (Å²) in [5, 5.41) is 5.95. The number of carbonyl (C=O) groups is 1. The number of alkyl halides is 3. The Hall–Kier alpha value is -1.66. The SMILES string of the molecule is CCOC(=O)c1ccnnc1C(F)(F)F. The van der Waals surface area contributed by atoms with Gasteiger partial charge in [-0.15, -0.1) is 5.10 Å². The summed E-state index contributed by atoms with van der Waals surface area (Å²) in [4.78, 5) is 11.1. The molecule has 0 saturated heterocycles. The van der Waals surface area contributed by atoms with Gasteiger partial charge < -0.3 is 4.74 Å². The lowest BCUT2D eigenvalue weighted by atomic mass is 10.2. The zero-order valence-corrected chi connectivity index (χ0v) is 7.71. The van der Waals surface area contributed by atoms with Crippen LogP contribution in [0, 0.1) is 0 Å². The number of nitrogens with zero attached hydrogens (tertiary/aromatic N) is 2. The molecule has 0 amide bonds. The van der Waals surface area contributed by atoms with Crippen LogP contribution in [0.1, 0.15) is 23.0 Å². The second-order valence-corrected chi connectivity index (χ2v) is 2.51.